The summed E-state index contributed by atoms with van der Waals surface area (Å²) in [7, 11) is 2.83. The van der Waals surface area contributed by atoms with Crippen molar-refractivity contribution >= 4 is 17.7 Å². The van der Waals surface area contributed by atoms with Crippen molar-refractivity contribution in [3.63, 3.8) is 0 Å². The van der Waals surface area contributed by atoms with Crippen LogP contribution < -0.4 is 9.47 Å². The van der Waals surface area contributed by atoms with Crippen LogP contribution in [0.1, 0.15) is 49.4 Å². The lowest BCUT2D eigenvalue weighted by molar-refractivity contribution is 0.0466. The van der Waals surface area contributed by atoms with Gasteiger partial charge in [0.1, 0.15) is 22.8 Å². The number of nitrogens with one attached hydrogen (secondary N) is 1. The summed E-state index contributed by atoms with van der Waals surface area (Å²) in [5.41, 5.74) is 1.54. The molecule has 1 N–H and O–H groups in total. The molecule has 2 rings (SSSR count). The number of Topliss-reactive ketones (excluding diaryl/α,β-unsaturated/α-hetero) is 1. The third-order valence-corrected chi connectivity index (χ3v) is 4.16. The van der Waals surface area contributed by atoms with Crippen LogP contribution in [0.2, 0.25) is 0 Å². The summed E-state index contributed by atoms with van der Waals surface area (Å²) in [5.74, 6) is -1.19. The number of esters is 2. The van der Waals surface area contributed by atoms with Crippen LogP contribution in [0, 0.1) is 13.8 Å². The predicted molar refractivity (Wildman–Crippen MR) is 100 cm³/mol. The molecule has 0 aliphatic heterocycles. The molecule has 0 radical (unpaired) electrons. The highest BCUT2D eigenvalue weighted by atomic mass is 16.5. The number of carbonyl (C=O) groups excluding carboxylic acids is 3. The van der Waals surface area contributed by atoms with Crippen molar-refractivity contribution in [3.05, 3.63) is 46.3 Å². The van der Waals surface area contributed by atoms with Crippen molar-refractivity contribution in [2.24, 2.45) is 0 Å². The van der Waals surface area contributed by atoms with E-state index in [2.05, 4.69) is 4.98 Å². The number of methoxy groups -OCH3 is 2. The summed E-state index contributed by atoms with van der Waals surface area (Å²) in [4.78, 5) is 39.9. The Bertz CT molecular complexity index is 876. The standard InChI is InChI=1S/C20H23NO7/c1-6-27-20(24)18-11(2)16(12(3)21-18)13(22)10-28-19(23)17-14(25-4)8-7-9-15(17)26-5/h7-9,21H,6,10H2,1-5H3. The molecule has 0 bridgehead atoms. The molecule has 0 unspecified atom stereocenters. The number of aromatic amines is 1. The zero-order valence-corrected chi connectivity index (χ0v) is 16.5. The van der Waals surface area contributed by atoms with Crippen molar-refractivity contribution in [2.45, 2.75) is 20.8 Å². The number of rotatable bonds is 8. The predicted octanol–water partition coefficient (Wildman–Crippen LogP) is 2.87. The summed E-state index contributed by atoms with van der Waals surface area (Å²) in [6.45, 7) is 4.71. The average Bonchev–Trinajstić information content (AvgIpc) is 2.99. The molecule has 28 heavy (non-hydrogen) atoms. The van der Waals surface area contributed by atoms with Crippen LogP contribution in [-0.4, -0.2) is 50.1 Å². The molecule has 8 nitrogen and oxygen atoms in total. The Labute approximate surface area is 162 Å². The fraction of sp³-hybridized carbons (Fsp3) is 0.350. The second-order valence-corrected chi connectivity index (χ2v) is 5.88. The molecule has 0 aliphatic rings. The van der Waals surface area contributed by atoms with Crippen LogP contribution in [0.4, 0.5) is 0 Å². The summed E-state index contributed by atoms with van der Waals surface area (Å²) < 4.78 is 20.5. The van der Waals surface area contributed by atoms with E-state index in [1.165, 1.54) is 14.2 Å². The Hall–Kier alpha value is -3.29. The van der Waals surface area contributed by atoms with Gasteiger partial charge in [-0.25, -0.2) is 9.59 Å². The number of hydrogen-bond acceptors (Lipinski definition) is 7. The Morgan fingerprint density at radius 2 is 1.54 bits per heavy atom. The summed E-state index contributed by atoms with van der Waals surface area (Å²) in [6, 6.07) is 4.85. The van der Waals surface area contributed by atoms with Gasteiger partial charge in [-0.15, -0.1) is 0 Å². The van der Waals surface area contributed by atoms with Gasteiger partial charge in [-0.1, -0.05) is 6.07 Å². The molecule has 150 valence electrons. The number of H-pyrrole nitrogens is 1. The maximum absolute atomic E-state index is 12.6. The van der Waals surface area contributed by atoms with E-state index in [1.54, 1.807) is 39.0 Å². The molecular formula is C20H23NO7. The average molecular weight is 389 g/mol. The van der Waals surface area contributed by atoms with Gasteiger partial charge in [0.2, 0.25) is 5.78 Å². The van der Waals surface area contributed by atoms with Crippen molar-refractivity contribution in [1.29, 1.82) is 0 Å². The topological polar surface area (TPSA) is 104 Å². The number of carbonyl (C=O) groups is 3. The van der Waals surface area contributed by atoms with Crippen molar-refractivity contribution in [1.82, 2.24) is 4.98 Å². The number of ketones is 1. The van der Waals surface area contributed by atoms with Crippen molar-refractivity contribution in [3.8, 4) is 11.5 Å². The van der Waals surface area contributed by atoms with Gasteiger partial charge >= 0.3 is 11.9 Å². The minimum atomic E-state index is -0.751. The molecule has 8 heteroatoms. The summed E-state index contributed by atoms with van der Waals surface area (Å²) in [5, 5.41) is 0. The summed E-state index contributed by atoms with van der Waals surface area (Å²) in [6.07, 6.45) is 0. The van der Waals surface area contributed by atoms with Gasteiger partial charge in [-0.2, -0.15) is 0 Å². The monoisotopic (exact) mass is 389 g/mol. The maximum Gasteiger partial charge on any atom is 0.355 e. The molecule has 0 spiro atoms. The van der Waals surface area contributed by atoms with Crippen LogP contribution in [0.25, 0.3) is 0 Å². The molecule has 0 saturated carbocycles. The van der Waals surface area contributed by atoms with E-state index in [9.17, 15) is 14.4 Å². The first kappa shape index (κ1) is 21.0. The molecule has 0 saturated heterocycles. The fourth-order valence-corrected chi connectivity index (χ4v) is 2.90. The van der Waals surface area contributed by atoms with E-state index in [0.717, 1.165) is 0 Å². The first-order valence-electron chi connectivity index (χ1n) is 8.63. The minimum absolute atomic E-state index is 0.0926. The number of ether oxygens (including phenoxy) is 4. The lowest BCUT2D eigenvalue weighted by atomic mass is 10.1. The van der Waals surface area contributed by atoms with Gasteiger partial charge < -0.3 is 23.9 Å². The Balaban J connectivity index is 2.20. The third kappa shape index (κ3) is 4.16. The van der Waals surface area contributed by atoms with Gasteiger partial charge in [0, 0.05) is 11.3 Å². The summed E-state index contributed by atoms with van der Waals surface area (Å²) >= 11 is 0. The highest BCUT2D eigenvalue weighted by molar-refractivity contribution is 6.04. The van der Waals surface area contributed by atoms with Crippen LogP contribution in [-0.2, 0) is 9.47 Å². The lowest BCUT2D eigenvalue weighted by Gasteiger charge is -2.12. The molecule has 1 heterocycles. The highest BCUT2D eigenvalue weighted by Crippen LogP contribution is 2.29. The second kappa shape index (κ2) is 9.07. The number of hydrogen-bond donors (Lipinski definition) is 1. The third-order valence-electron chi connectivity index (χ3n) is 4.16. The Kier molecular flexibility index (Phi) is 6.81. The molecule has 0 aliphatic carbocycles. The smallest absolute Gasteiger partial charge is 0.355 e. The first-order chi connectivity index (χ1) is 13.3. The fourth-order valence-electron chi connectivity index (χ4n) is 2.90. The molecule has 2 aromatic rings. The van der Waals surface area contributed by atoms with Crippen LogP contribution in [0.3, 0.4) is 0 Å². The molecule has 1 aromatic carbocycles. The highest BCUT2D eigenvalue weighted by Gasteiger charge is 2.25. The van der Waals surface area contributed by atoms with Crippen molar-refractivity contribution < 1.29 is 33.3 Å². The van der Waals surface area contributed by atoms with E-state index >= 15 is 0 Å². The number of benzene rings is 1. The van der Waals surface area contributed by atoms with Crippen LogP contribution in [0.5, 0.6) is 11.5 Å². The largest absolute Gasteiger partial charge is 0.496 e. The zero-order chi connectivity index (χ0) is 20.8. The van der Waals surface area contributed by atoms with Crippen molar-refractivity contribution in [2.75, 3.05) is 27.4 Å². The van der Waals surface area contributed by atoms with E-state index < -0.39 is 24.3 Å². The maximum atomic E-state index is 12.6. The first-order valence-corrected chi connectivity index (χ1v) is 8.63. The molecule has 1 aromatic heterocycles. The minimum Gasteiger partial charge on any atom is -0.496 e. The van der Waals surface area contributed by atoms with Gasteiger partial charge in [0.15, 0.2) is 6.61 Å². The Morgan fingerprint density at radius 3 is 2.07 bits per heavy atom. The SMILES string of the molecule is CCOC(=O)c1[nH]c(C)c(C(=O)COC(=O)c2c(OC)cccc2OC)c1C. The normalized spacial score (nSPS) is 10.3. The van der Waals surface area contributed by atoms with Gasteiger partial charge in [-0.05, 0) is 38.5 Å². The quantitative estimate of drug-likeness (QED) is 0.547. The van der Waals surface area contributed by atoms with Crippen LogP contribution in [0.15, 0.2) is 18.2 Å². The van der Waals surface area contributed by atoms with Gasteiger partial charge in [0.25, 0.3) is 0 Å². The van der Waals surface area contributed by atoms with E-state index in [0.29, 0.717) is 16.8 Å². The zero-order valence-electron chi connectivity index (χ0n) is 16.5. The Morgan fingerprint density at radius 1 is 0.929 bits per heavy atom. The number of aryl methyl sites for hydroxylation is 1. The lowest BCUT2D eigenvalue weighted by Crippen LogP contribution is -2.17. The molecule has 0 amide bonds. The van der Waals surface area contributed by atoms with E-state index in [-0.39, 0.29) is 29.4 Å². The van der Waals surface area contributed by atoms with E-state index in [4.69, 9.17) is 18.9 Å². The molecule has 0 atom stereocenters. The molecule has 0 fully saturated rings. The van der Waals surface area contributed by atoms with Gasteiger partial charge in [-0.3, -0.25) is 4.79 Å². The van der Waals surface area contributed by atoms with Crippen LogP contribution >= 0.6 is 0 Å². The molecular weight excluding hydrogens is 366 g/mol. The second-order valence-electron chi connectivity index (χ2n) is 5.88. The number of aromatic nitrogens is 1. The van der Waals surface area contributed by atoms with E-state index in [1.807, 2.05) is 0 Å². The van der Waals surface area contributed by atoms with Gasteiger partial charge in [0.05, 0.1) is 20.8 Å².